The van der Waals surface area contributed by atoms with E-state index in [1.165, 1.54) is 0 Å². The van der Waals surface area contributed by atoms with Crippen LogP contribution in [0.5, 0.6) is 0 Å². The zero-order chi connectivity index (χ0) is 13.2. The summed E-state index contributed by atoms with van der Waals surface area (Å²) < 4.78 is 0. The monoisotopic (exact) mass is 256 g/mol. The van der Waals surface area contributed by atoms with Gasteiger partial charge in [0.15, 0.2) is 5.82 Å². The quantitative estimate of drug-likeness (QED) is 0.842. The van der Waals surface area contributed by atoms with Crippen molar-refractivity contribution in [2.24, 2.45) is 0 Å². The molecule has 0 aromatic carbocycles. The van der Waals surface area contributed by atoms with Gasteiger partial charge in [0.2, 0.25) is 0 Å². The lowest BCUT2D eigenvalue weighted by molar-refractivity contribution is 0.621. The SMILES string of the molecule is CCc1cccnc1-c1nc2c(c(=O)[nH]1)CNCC2. The summed E-state index contributed by atoms with van der Waals surface area (Å²) in [4.78, 5) is 23.9. The normalized spacial score (nSPS) is 14.2. The van der Waals surface area contributed by atoms with Gasteiger partial charge >= 0.3 is 0 Å². The van der Waals surface area contributed by atoms with Crippen molar-refractivity contribution in [1.29, 1.82) is 0 Å². The number of aromatic amines is 1. The molecule has 0 unspecified atom stereocenters. The molecule has 0 radical (unpaired) electrons. The first-order valence-electron chi connectivity index (χ1n) is 6.56. The zero-order valence-corrected chi connectivity index (χ0v) is 10.9. The van der Waals surface area contributed by atoms with Gasteiger partial charge in [-0.3, -0.25) is 9.78 Å². The van der Waals surface area contributed by atoms with Gasteiger partial charge in [-0.15, -0.1) is 0 Å². The van der Waals surface area contributed by atoms with E-state index in [0.29, 0.717) is 12.4 Å². The molecule has 0 fully saturated rings. The lowest BCUT2D eigenvalue weighted by atomic mass is 10.1. The Balaban J connectivity index is 2.16. The standard InChI is InChI=1S/C14H16N4O/c1-2-9-4-3-6-16-12(9)13-17-11-5-7-15-8-10(11)14(19)18-13/h3-4,6,15H,2,5,7-8H2,1H3,(H,17,18,19). The molecule has 0 saturated carbocycles. The average molecular weight is 256 g/mol. The van der Waals surface area contributed by atoms with Crippen LogP contribution in [0.2, 0.25) is 0 Å². The molecule has 98 valence electrons. The van der Waals surface area contributed by atoms with Gasteiger partial charge in [0, 0.05) is 25.7 Å². The van der Waals surface area contributed by atoms with E-state index in [4.69, 9.17) is 0 Å². The smallest absolute Gasteiger partial charge is 0.255 e. The molecule has 5 nitrogen and oxygen atoms in total. The number of fused-ring (bicyclic) bond motifs is 1. The van der Waals surface area contributed by atoms with Crippen LogP contribution in [0.1, 0.15) is 23.7 Å². The van der Waals surface area contributed by atoms with Crippen molar-refractivity contribution in [2.45, 2.75) is 26.3 Å². The van der Waals surface area contributed by atoms with Crippen molar-refractivity contribution < 1.29 is 0 Å². The van der Waals surface area contributed by atoms with Crippen LogP contribution in [-0.2, 0) is 19.4 Å². The molecule has 19 heavy (non-hydrogen) atoms. The molecule has 1 aliphatic heterocycles. The van der Waals surface area contributed by atoms with Crippen molar-refractivity contribution in [2.75, 3.05) is 6.54 Å². The van der Waals surface area contributed by atoms with E-state index in [-0.39, 0.29) is 5.56 Å². The number of rotatable bonds is 2. The summed E-state index contributed by atoms with van der Waals surface area (Å²) in [6.07, 6.45) is 3.39. The Morgan fingerprint density at radius 3 is 3.16 bits per heavy atom. The van der Waals surface area contributed by atoms with Crippen molar-refractivity contribution in [3.05, 3.63) is 45.5 Å². The van der Waals surface area contributed by atoms with Gasteiger partial charge in [-0.1, -0.05) is 13.0 Å². The van der Waals surface area contributed by atoms with Gasteiger partial charge in [0.1, 0.15) is 5.69 Å². The Kier molecular flexibility index (Phi) is 3.13. The number of nitrogens with zero attached hydrogens (tertiary/aromatic N) is 2. The third-order valence-corrected chi connectivity index (χ3v) is 3.44. The fraction of sp³-hybridized carbons (Fsp3) is 0.357. The molecule has 0 amide bonds. The van der Waals surface area contributed by atoms with E-state index < -0.39 is 0 Å². The predicted molar refractivity (Wildman–Crippen MR) is 72.9 cm³/mol. The minimum atomic E-state index is -0.0556. The Morgan fingerprint density at radius 2 is 2.32 bits per heavy atom. The predicted octanol–water partition coefficient (Wildman–Crippen LogP) is 1.04. The van der Waals surface area contributed by atoms with Crippen LogP contribution < -0.4 is 10.9 Å². The molecule has 0 atom stereocenters. The molecule has 0 bridgehead atoms. The minimum absolute atomic E-state index is 0.0556. The van der Waals surface area contributed by atoms with Crippen LogP contribution in [0.4, 0.5) is 0 Å². The first-order chi connectivity index (χ1) is 9.29. The zero-order valence-electron chi connectivity index (χ0n) is 10.9. The number of aromatic nitrogens is 3. The van der Waals surface area contributed by atoms with Gasteiger partial charge in [0.25, 0.3) is 5.56 Å². The van der Waals surface area contributed by atoms with Crippen LogP contribution in [0.15, 0.2) is 23.1 Å². The number of aryl methyl sites for hydroxylation is 1. The highest BCUT2D eigenvalue weighted by Crippen LogP contribution is 2.18. The molecule has 0 aliphatic carbocycles. The second-order valence-electron chi connectivity index (χ2n) is 4.63. The maximum Gasteiger partial charge on any atom is 0.255 e. The van der Waals surface area contributed by atoms with Crippen LogP contribution in [0.3, 0.4) is 0 Å². The molecule has 5 heteroatoms. The van der Waals surface area contributed by atoms with Gasteiger partial charge in [-0.2, -0.15) is 0 Å². The third kappa shape index (κ3) is 2.17. The summed E-state index contributed by atoms with van der Waals surface area (Å²) in [6, 6.07) is 3.92. The maximum atomic E-state index is 12.1. The highest BCUT2D eigenvalue weighted by atomic mass is 16.1. The highest BCUT2D eigenvalue weighted by molar-refractivity contribution is 5.55. The second kappa shape index (κ2) is 4.93. The van der Waals surface area contributed by atoms with E-state index in [9.17, 15) is 4.79 Å². The van der Waals surface area contributed by atoms with Crippen LogP contribution in [0.25, 0.3) is 11.5 Å². The number of nitrogens with one attached hydrogen (secondary N) is 2. The minimum Gasteiger partial charge on any atom is -0.312 e. The largest absolute Gasteiger partial charge is 0.312 e. The van der Waals surface area contributed by atoms with Gasteiger partial charge < -0.3 is 10.3 Å². The van der Waals surface area contributed by atoms with Crippen molar-refractivity contribution >= 4 is 0 Å². The Labute approximate surface area is 111 Å². The maximum absolute atomic E-state index is 12.1. The van der Waals surface area contributed by atoms with E-state index in [1.54, 1.807) is 6.20 Å². The molecular formula is C14H16N4O. The first-order valence-corrected chi connectivity index (χ1v) is 6.56. The molecule has 2 N–H and O–H groups in total. The van der Waals surface area contributed by atoms with Crippen LogP contribution >= 0.6 is 0 Å². The summed E-state index contributed by atoms with van der Waals surface area (Å²) in [5, 5.41) is 3.19. The van der Waals surface area contributed by atoms with Gasteiger partial charge in [-0.25, -0.2) is 4.98 Å². The summed E-state index contributed by atoms with van der Waals surface area (Å²) in [7, 11) is 0. The Morgan fingerprint density at radius 1 is 1.42 bits per heavy atom. The fourth-order valence-electron chi connectivity index (χ4n) is 2.40. The van der Waals surface area contributed by atoms with Gasteiger partial charge in [0.05, 0.1) is 11.3 Å². The molecule has 1 aliphatic rings. The molecule has 0 spiro atoms. The topological polar surface area (TPSA) is 70.7 Å². The van der Waals surface area contributed by atoms with Crippen LogP contribution in [-0.4, -0.2) is 21.5 Å². The third-order valence-electron chi connectivity index (χ3n) is 3.44. The summed E-state index contributed by atoms with van der Waals surface area (Å²) in [6.45, 7) is 3.54. The molecule has 3 heterocycles. The van der Waals surface area contributed by atoms with E-state index in [2.05, 4.69) is 27.2 Å². The highest BCUT2D eigenvalue weighted by Gasteiger charge is 2.17. The van der Waals surface area contributed by atoms with Gasteiger partial charge in [-0.05, 0) is 18.1 Å². The molecule has 0 saturated heterocycles. The van der Waals surface area contributed by atoms with Crippen molar-refractivity contribution in [3.8, 4) is 11.5 Å². The second-order valence-corrected chi connectivity index (χ2v) is 4.63. The Bertz CT molecular complexity index is 663. The van der Waals surface area contributed by atoms with E-state index >= 15 is 0 Å². The van der Waals surface area contributed by atoms with E-state index in [1.807, 2.05) is 12.1 Å². The molecule has 2 aromatic heterocycles. The molecule has 3 rings (SSSR count). The fourth-order valence-corrected chi connectivity index (χ4v) is 2.40. The van der Waals surface area contributed by atoms with Crippen molar-refractivity contribution in [3.63, 3.8) is 0 Å². The molecular weight excluding hydrogens is 240 g/mol. The average Bonchev–Trinajstić information content (AvgIpc) is 2.47. The van der Waals surface area contributed by atoms with E-state index in [0.717, 1.165) is 41.9 Å². The number of H-pyrrole nitrogens is 1. The number of pyridine rings is 1. The number of hydrogen-bond acceptors (Lipinski definition) is 4. The van der Waals surface area contributed by atoms with Crippen molar-refractivity contribution in [1.82, 2.24) is 20.3 Å². The number of hydrogen-bond donors (Lipinski definition) is 2. The Hall–Kier alpha value is -2.01. The molecule has 2 aromatic rings. The summed E-state index contributed by atoms with van der Waals surface area (Å²) in [5.41, 5.74) is 3.47. The van der Waals surface area contributed by atoms with Crippen LogP contribution in [0, 0.1) is 0 Å². The summed E-state index contributed by atoms with van der Waals surface area (Å²) in [5.74, 6) is 0.586. The lowest BCUT2D eigenvalue weighted by Gasteiger charge is -2.16. The first kappa shape index (κ1) is 12.0. The lowest BCUT2D eigenvalue weighted by Crippen LogP contribution is -2.31. The summed E-state index contributed by atoms with van der Waals surface area (Å²) >= 11 is 0.